The lowest BCUT2D eigenvalue weighted by Crippen LogP contribution is -3.20. The minimum absolute atomic E-state index is 0.0868. The highest BCUT2D eigenvalue weighted by Crippen LogP contribution is 2.23. The van der Waals surface area contributed by atoms with E-state index in [0.717, 1.165) is 30.5 Å². The van der Waals surface area contributed by atoms with Crippen LogP contribution in [-0.2, 0) is 6.54 Å². The Balaban J connectivity index is 1.41. The molecule has 0 aromatic heterocycles. The Bertz CT molecular complexity index is 784. The normalized spacial score (nSPS) is 27.2. The van der Waals surface area contributed by atoms with Crippen molar-refractivity contribution in [3.8, 4) is 0 Å². The van der Waals surface area contributed by atoms with E-state index in [1.165, 1.54) is 30.4 Å². The zero-order valence-corrected chi connectivity index (χ0v) is 16.5. The molecule has 3 nitrogen and oxygen atoms in total. The standard InChI is InChI=1S/C24H30N2O/c1-17-9-11-19(12-10-17)16-26-22-7-4-8-23(26)15-21(14-22)25-24(27)20-6-3-5-18(2)13-20/h3,5-6,9-13,21-23H,4,7-8,14-16H2,1-2H3,(H,25,27)/p+1/t21?,22-,23+. The van der Waals surface area contributed by atoms with Gasteiger partial charge in [0.2, 0.25) is 0 Å². The number of hydrogen-bond acceptors (Lipinski definition) is 1. The molecular formula is C24H31N2O+. The van der Waals surface area contributed by atoms with Gasteiger partial charge >= 0.3 is 0 Å². The van der Waals surface area contributed by atoms with Crippen LogP contribution < -0.4 is 10.2 Å². The molecule has 1 amide bonds. The second-order valence-electron chi connectivity index (χ2n) is 8.57. The maximum Gasteiger partial charge on any atom is 0.251 e. The Labute approximate surface area is 162 Å². The molecule has 2 fully saturated rings. The summed E-state index contributed by atoms with van der Waals surface area (Å²) in [4.78, 5) is 14.4. The van der Waals surface area contributed by atoms with E-state index in [1.54, 1.807) is 4.90 Å². The van der Waals surface area contributed by atoms with Crippen LogP contribution in [0, 0.1) is 13.8 Å². The van der Waals surface area contributed by atoms with Crippen molar-refractivity contribution in [1.82, 2.24) is 5.32 Å². The molecule has 0 spiro atoms. The Kier molecular flexibility index (Phi) is 5.31. The average Bonchev–Trinajstić information content (AvgIpc) is 2.64. The summed E-state index contributed by atoms with van der Waals surface area (Å²) in [6.45, 7) is 5.30. The van der Waals surface area contributed by atoms with Crippen LogP contribution in [0.15, 0.2) is 48.5 Å². The molecule has 2 aliphatic rings. The molecule has 2 bridgehead atoms. The number of benzene rings is 2. The molecule has 4 rings (SSSR count). The molecule has 3 heteroatoms. The summed E-state index contributed by atoms with van der Waals surface area (Å²) >= 11 is 0. The van der Waals surface area contributed by atoms with Crippen LogP contribution >= 0.6 is 0 Å². The SMILES string of the molecule is Cc1ccc(C[NH+]2[C@@H]3CCC[C@H]2CC(NC(=O)c2cccc(C)c2)C3)cc1. The molecule has 2 heterocycles. The maximum absolute atomic E-state index is 12.7. The van der Waals surface area contributed by atoms with Gasteiger partial charge < -0.3 is 10.2 Å². The molecule has 2 saturated heterocycles. The Morgan fingerprint density at radius 3 is 2.37 bits per heavy atom. The second-order valence-corrected chi connectivity index (χ2v) is 8.57. The van der Waals surface area contributed by atoms with Gasteiger partial charge in [-0.25, -0.2) is 0 Å². The number of nitrogens with one attached hydrogen (secondary N) is 2. The molecular weight excluding hydrogens is 332 g/mol. The third-order valence-electron chi connectivity index (χ3n) is 6.44. The lowest BCUT2D eigenvalue weighted by atomic mass is 9.81. The maximum atomic E-state index is 12.7. The molecule has 2 aromatic rings. The molecule has 0 saturated carbocycles. The van der Waals surface area contributed by atoms with E-state index in [0.29, 0.717) is 18.1 Å². The summed E-state index contributed by atoms with van der Waals surface area (Å²) in [7, 11) is 0. The molecule has 4 atom stereocenters. The molecule has 0 radical (unpaired) electrons. The fraction of sp³-hybridized carbons (Fsp3) is 0.458. The van der Waals surface area contributed by atoms with Gasteiger partial charge in [-0.15, -0.1) is 0 Å². The van der Waals surface area contributed by atoms with Gasteiger partial charge in [0.05, 0.1) is 12.1 Å². The topological polar surface area (TPSA) is 33.5 Å². The summed E-state index contributed by atoms with van der Waals surface area (Å²) in [6.07, 6.45) is 6.12. The van der Waals surface area contributed by atoms with Gasteiger partial charge in [0.1, 0.15) is 6.54 Å². The highest BCUT2D eigenvalue weighted by Gasteiger charge is 2.42. The van der Waals surface area contributed by atoms with Crippen LogP contribution in [-0.4, -0.2) is 24.0 Å². The predicted octanol–water partition coefficient (Wildman–Crippen LogP) is 3.20. The van der Waals surface area contributed by atoms with Gasteiger partial charge in [-0.05, 0) is 45.2 Å². The predicted molar refractivity (Wildman–Crippen MR) is 109 cm³/mol. The highest BCUT2D eigenvalue weighted by atomic mass is 16.1. The number of quaternary nitrogens is 1. The molecule has 2 aromatic carbocycles. The summed E-state index contributed by atoms with van der Waals surface area (Å²) in [5.41, 5.74) is 4.69. The van der Waals surface area contributed by atoms with Crippen molar-refractivity contribution in [3.05, 3.63) is 70.8 Å². The van der Waals surface area contributed by atoms with Crippen molar-refractivity contribution in [1.29, 1.82) is 0 Å². The Morgan fingerprint density at radius 2 is 1.70 bits per heavy atom. The van der Waals surface area contributed by atoms with Crippen molar-refractivity contribution in [2.24, 2.45) is 0 Å². The lowest BCUT2D eigenvalue weighted by molar-refractivity contribution is -0.973. The van der Waals surface area contributed by atoms with E-state index < -0.39 is 0 Å². The van der Waals surface area contributed by atoms with Gasteiger partial charge in [0.25, 0.3) is 5.91 Å². The second kappa shape index (κ2) is 7.85. The molecule has 2 aliphatic heterocycles. The van der Waals surface area contributed by atoms with E-state index >= 15 is 0 Å². The minimum Gasteiger partial charge on any atom is -0.349 e. The molecule has 2 unspecified atom stereocenters. The van der Waals surface area contributed by atoms with E-state index in [4.69, 9.17) is 0 Å². The summed E-state index contributed by atoms with van der Waals surface area (Å²) in [5.74, 6) is 0.0868. The average molecular weight is 364 g/mol. The third kappa shape index (κ3) is 4.24. The van der Waals surface area contributed by atoms with E-state index in [1.807, 2.05) is 31.2 Å². The summed E-state index contributed by atoms with van der Waals surface area (Å²) in [6, 6.07) is 18.6. The van der Waals surface area contributed by atoms with Gasteiger partial charge in [-0.2, -0.15) is 0 Å². The summed E-state index contributed by atoms with van der Waals surface area (Å²) < 4.78 is 0. The van der Waals surface area contributed by atoms with Gasteiger partial charge in [0.15, 0.2) is 0 Å². The smallest absolute Gasteiger partial charge is 0.251 e. The number of rotatable bonds is 4. The van der Waals surface area contributed by atoms with Crippen LogP contribution in [0.3, 0.4) is 0 Å². The van der Waals surface area contributed by atoms with E-state index in [9.17, 15) is 4.79 Å². The lowest BCUT2D eigenvalue weighted by Gasteiger charge is -2.46. The first-order valence-corrected chi connectivity index (χ1v) is 10.4. The zero-order chi connectivity index (χ0) is 18.8. The fourth-order valence-electron chi connectivity index (χ4n) is 5.04. The van der Waals surface area contributed by atoms with Gasteiger partial charge in [-0.3, -0.25) is 4.79 Å². The van der Waals surface area contributed by atoms with Crippen LogP contribution in [0.25, 0.3) is 0 Å². The number of carbonyl (C=O) groups excluding carboxylic acids is 1. The van der Waals surface area contributed by atoms with E-state index in [2.05, 4.69) is 36.5 Å². The summed E-state index contributed by atoms with van der Waals surface area (Å²) in [5, 5.41) is 3.33. The monoisotopic (exact) mass is 363 g/mol. The minimum atomic E-state index is 0.0868. The number of piperidine rings is 2. The van der Waals surface area contributed by atoms with Gasteiger partial charge in [-0.1, -0.05) is 47.5 Å². The Hall–Kier alpha value is -2.13. The van der Waals surface area contributed by atoms with Crippen LogP contribution in [0.4, 0.5) is 0 Å². The van der Waals surface area contributed by atoms with Crippen molar-refractivity contribution in [2.75, 3.05) is 0 Å². The quantitative estimate of drug-likeness (QED) is 0.859. The van der Waals surface area contributed by atoms with Crippen molar-refractivity contribution >= 4 is 5.91 Å². The third-order valence-corrected chi connectivity index (χ3v) is 6.44. The van der Waals surface area contributed by atoms with Crippen LogP contribution in [0.5, 0.6) is 0 Å². The van der Waals surface area contributed by atoms with Gasteiger partial charge in [0, 0.05) is 30.0 Å². The number of amides is 1. The van der Waals surface area contributed by atoms with E-state index in [-0.39, 0.29) is 5.91 Å². The molecule has 2 N–H and O–H groups in total. The number of fused-ring (bicyclic) bond motifs is 2. The fourth-order valence-corrected chi connectivity index (χ4v) is 5.04. The first kappa shape index (κ1) is 18.2. The Morgan fingerprint density at radius 1 is 1.00 bits per heavy atom. The number of hydrogen-bond donors (Lipinski definition) is 2. The zero-order valence-electron chi connectivity index (χ0n) is 16.5. The van der Waals surface area contributed by atoms with Crippen LogP contribution in [0.2, 0.25) is 0 Å². The largest absolute Gasteiger partial charge is 0.349 e. The first-order chi connectivity index (χ1) is 13.1. The number of carbonyl (C=O) groups is 1. The van der Waals surface area contributed by atoms with Crippen LogP contribution in [0.1, 0.15) is 59.2 Å². The highest BCUT2D eigenvalue weighted by molar-refractivity contribution is 5.94. The molecule has 27 heavy (non-hydrogen) atoms. The van der Waals surface area contributed by atoms with Crippen molar-refractivity contribution in [2.45, 2.75) is 70.6 Å². The van der Waals surface area contributed by atoms with Crippen molar-refractivity contribution in [3.63, 3.8) is 0 Å². The first-order valence-electron chi connectivity index (χ1n) is 10.4. The van der Waals surface area contributed by atoms with Crippen molar-refractivity contribution < 1.29 is 9.69 Å². The molecule has 142 valence electrons. The number of aryl methyl sites for hydroxylation is 2. The molecule has 0 aliphatic carbocycles.